The van der Waals surface area contributed by atoms with Crippen LogP contribution < -0.4 is 4.90 Å². The van der Waals surface area contributed by atoms with Crippen LogP contribution in [0.25, 0.3) is 16.7 Å². The van der Waals surface area contributed by atoms with Crippen molar-refractivity contribution in [2.75, 3.05) is 31.1 Å². The second-order valence-corrected chi connectivity index (χ2v) is 7.63. The fraction of sp³-hybridized carbons (Fsp3) is 0.455. The lowest BCUT2D eigenvalue weighted by molar-refractivity contribution is -0.135. The molecule has 0 radical (unpaired) electrons. The zero-order chi connectivity index (χ0) is 20.4. The standard InChI is InChI=1S/C22H28N6O/c1-4-26(5-2)22(29)17-9-7-11-27(14-17)20-19-13-25-28(21(19)24-15-23-20)18-10-6-8-16(3)12-18/h6,8,10,12-13,15,17H,4-5,7,9,11,14H2,1-3H3/t17-/m1/s1. The largest absolute Gasteiger partial charge is 0.355 e. The highest BCUT2D eigenvalue weighted by Crippen LogP contribution is 2.29. The Bertz CT molecular complexity index is 1010. The lowest BCUT2D eigenvalue weighted by Gasteiger charge is -2.35. The number of piperidine rings is 1. The molecule has 0 aliphatic carbocycles. The van der Waals surface area contributed by atoms with E-state index in [1.807, 2.05) is 41.8 Å². The molecule has 29 heavy (non-hydrogen) atoms. The predicted molar refractivity (Wildman–Crippen MR) is 114 cm³/mol. The van der Waals surface area contributed by atoms with Crippen molar-refractivity contribution in [1.82, 2.24) is 24.6 Å². The van der Waals surface area contributed by atoms with Crippen molar-refractivity contribution < 1.29 is 4.79 Å². The fourth-order valence-corrected chi connectivity index (χ4v) is 4.20. The molecule has 3 aromatic rings. The molecule has 1 aromatic carbocycles. The van der Waals surface area contributed by atoms with Gasteiger partial charge in [0.25, 0.3) is 0 Å². The third-order valence-corrected chi connectivity index (χ3v) is 5.74. The minimum absolute atomic E-state index is 0.0143. The highest BCUT2D eigenvalue weighted by molar-refractivity contribution is 5.88. The topological polar surface area (TPSA) is 67.2 Å². The summed E-state index contributed by atoms with van der Waals surface area (Å²) < 4.78 is 1.86. The number of aromatic nitrogens is 4. The molecule has 7 nitrogen and oxygen atoms in total. The molecular weight excluding hydrogens is 364 g/mol. The normalized spacial score (nSPS) is 16.9. The molecule has 0 N–H and O–H groups in total. The van der Waals surface area contributed by atoms with Crippen LogP contribution in [0.3, 0.4) is 0 Å². The minimum Gasteiger partial charge on any atom is -0.355 e. The third-order valence-electron chi connectivity index (χ3n) is 5.74. The minimum atomic E-state index is 0.0143. The lowest BCUT2D eigenvalue weighted by atomic mass is 9.96. The van der Waals surface area contributed by atoms with E-state index in [2.05, 4.69) is 39.0 Å². The van der Waals surface area contributed by atoms with Crippen molar-refractivity contribution in [2.24, 2.45) is 5.92 Å². The number of fused-ring (bicyclic) bond motifs is 1. The zero-order valence-corrected chi connectivity index (χ0v) is 17.4. The second-order valence-electron chi connectivity index (χ2n) is 7.63. The summed E-state index contributed by atoms with van der Waals surface area (Å²) in [6.07, 6.45) is 5.35. The Kier molecular flexibility index (Phi) is 5.47. The Morgan fingerprint density at radius 3 is 2.83 bits per heavy atom. The zero-order valence-electron chi connectivity index (χ0n) is 17.4. The van der Waals surface area contributed by atoms with Gasteiger partial charge in [-0.15, -0.1) is 0 Å². The van der Waals surface area contributed by atoms with E-state index < -0.39 is 0 Å². The Morgan fingerprint density at radius 2 is 2.07 bits per heavy atom. The molecule has 152 valence electrons. The van der Waals surface area contributed by atoms with E-state index in [9.17, 15) is 4.79 Å². The van der Waals surface area contributed by atoms with Gasteiger partial charge < -0.3 is 9.80 Å². The summed E-state index contributed by atoms with van der Waals surface area (Å²) in [7, 11) is 0. The van der Waals surface area contributed by atoms with Gasteiger partial charge in [0.15, 0.2) is 5.65 Å². The number of amides is 1. The summed E-state index contributed by atoms with van der Waals surface area (Å²) in [6, 6.07) is 8.21. The van der Waals surface area contributed by atoms with Gasteiger partial charge >= 0.3 is 0 Å². The molecule has 1 saturated heterocycles. The number of aryl methyl sites for hydroxylation is 1. The van der Waals surface area contributed by atoms with Gasteiger partial charge in [-0.2, -0.15) is 5.10 Å². The first-order valence-electron chi connectivity index (χ1n) is 10.4. The molecule has 1 aliphatic rings. The van der Waals surface area contributed by atoms with Crippen LogP contribution in [-0.4, -0.2) is 56.7 Å². The molecule has 1 amide bonds. The molecule has 7 heteroatoms. The monoisotopic (exact) mass is 392 g/mol. The number of hydrogen-bond donors (Lipinski definition) is 0. The molecule has 1 aliphatic heterocycles. The quantitative estimate of drug-likeness (QED) is 0.667. The molecule has 1 fully saturated rings. The number of hydrogen-bond acceptors (Lipinski definition) is 5. The highest BCUT2D eigenvalue weighted by Gasteiger charge is 2.30. The van der Waals surface area contributed by atoms with E-state index in [1.165, 1.54) is 5.56 Å². The van der Waals surface area contributed by atoms with E-state index in [0.717, 1.165) is 55.0 Å². The molecule has 0 saturated carbocycles. The second kappa shape index (κ2) is 8.19. The number of rotatable bonds is 5. The summed E-state index contributed by atoms with van der Waals surface area (Å²) in [5.41, 5.74) is 2.95. The molecule has 2 aromatic heterocycles. The Morgan fingerprint density at radius 1 is 1.24 bits per heavy atom. The van der Waals surface area contributed by atoms with Gasteiger partial charge in [0.05, 0.1) is 23.2 Å². The number of carbonyl (C=O) groups is 1. The van der Waals surface area contributed by atoms with E-state index in [0.29, 0.717) is 6.54 Å². The van der Waals surface area contributed by atoms with E-state index >= 15 is 0 Å². The van der Waals surface area contributed by atoms with Crippen LogP contribution in [0.4, 0.5) is 5.82 Å². The van der Waals surface area contributed by atoms with Crippen molar-refractivity contribution >= 4 is 22.8 Å². The maximum absolute atomic E-state index is 12.9. The SMILES string of the molecule is CCN(CC)C(=O)[C@@H]1CCCN(c2ncnc3c2cnn3-c2cccc(C)c2)C1. The van der Waals surface area contributed by atoms with E-state index in [4.69, 9.17) is 0 Å². The van der Waals surface area contributed by atoms with Crippen molar-refractivity contribution in [3.63, 3.8) is 0 Å². The Labute approximate surface area is 171 Å². The Balaban J connectivity index is 1.65. The summed E-state index contributed by atoms with van der Waals surface area (Å²) in [5, 5.41) is 5.50. The van der Waals surface area contributed by atoms with Crippen LogP contribution in [0.5, 0.6) is 0 Å². The maximum atomic E-state index is 12.9. The first-order chi connectivity index (χ1) is 14.1. The van der Waals surface area contributed by atoms with Gasteiger partial charge in [0.1, 0.15) is 12.1 Å². The van der Waals surface area contributed by atoms with Crippen LogP contribution >= 0.6 is 0 Å². The summed E-state index contributed by atoms with van der Waals surface area (Å²) in [6.45, 7) is 9.24. The summed E-state index contributed by atoms with van der Waals surface area (Å²) >= 11 is 0. The molecule has 0 unspecified atom stereocenters. The first kappa shape index (κ1) is 19.4. The number of anilines is 1. The van der Waals surface area contributed by atoms with Gasteiger partial charge in [-0.1, -0.05) is 12.1 Å². The van der Waals surface area contributed by atoms with Crippen molar-refractivity contribution in [2.45, 2.75) is 33.6 Å². The molecule has 0 spiro atoms. The fourth-order valence-electron chi connectivity index (χ4n) is 4.20. The van der Waals surface area contributed by atoms with Gasteiger partial charge in [-0.25, -0.2) is 14.6 Å². The van der Waals surface area contributed by atoms with Crippen LogP contribution in [0.2, 0.25) is 0 Å². The van der Waals surface area contributed by atoms with Gasteiger partial charge in [-0.05, 0) is 51.3 Å². The Hall–Kier alpha value is -2.96. The van der Waals surface area contributed by atoms with Gasteiger partial charge in [0, 0.05) is 26.2 Å². The number of benzene rings is 1. The van der Waals surface area contributed by atoms with E-state index in [-0.39, 0.29) is 11.8 Å². The number of carbonyl (C=O) groups excluding carboxylic acids is 1. The van der Waals surface area contributed by atoms with Crippen LogP contribution in [0, 0.1) is 12.8 Å². The smallest absolute Gasteiger partial charge is 0.227 e. The first-order valence-corrected chi connectivity index (χ1v) is 10.4. The molecule has 4 rings (SSSR count). The molecule has 1 atom stereocenters. The average molecular weight is 393 g/mol. The lowest BCUT2D eigenvalue weighted by Crippen LogP contribution is -2.45. The molecule has 3 heterocycles. The average Bonchev–Trinajstić information content (AvgIpc) is 3.19. The van der Waals surface area contributed by atoms with Crippen LogP contribution in [0.1, 0.15) is 32.3 Å². The third kappa shape index (κ3) is 3.69. The predicted octanol–water partition coefficient (Wildman–Crippen LogP) is 3.21. The highest BCUT2D eigenvalue weighted by atomic mass is 16.2. The number of nitrogens with zero attached hydrogens (tertiary/aromatic N) is 6. The van der Waals surface area contributed by atoms with Crippen LogP contribution in [0.15, 0.2) is 36.8 Å². The van der Waals surface area contributed by atoms with Crippen LogP contribution in [-0.2, 0) is 4.79 Å². The van der Waals surface area contributed by atoms with Gasteiger partial charge in [0.2, 0.25) is 5.91 Å². The summed E-state index contributed by atoms with van der Waals surface area (Å²) in [4.78, 5) is 26.1. The molecule has 0 bridgehead atoms. The summed E-state index contributed by atoms with van der Waals surface area (Å²) in [5.74, 6) is 1.13. The molecular formula is C22H28N6O. The van der Waals surface area contributed by atoms with E-state index in [1.54, 1.807) is 6.33 Å². The van der Waals surface area contributed by atoms with Crippen molar-refractivity contribution in [3.05, 3.63) is 42.4 Å². The van der Waals surface area contributed by atoms with Crippen molar-refractivity contribution in [3.8, 4) is 5.69 Å². The maximum Gasteiger partial charge on any atom is 0.227 e. The van der Waals surface area contributed by atoms with Gasteiger partial charge in [-0.3, -0.25) is 4.79 Å². The van der Waals surface area contributed by atoms with Crippen molar-refractivity contribution in [1.29, 1.82) is 0 Å².